The molecule has 3 heterocycles. The predicted octanol–water partition coefficient (Wildman–Crippen LogP) is 4.91. The zero-order chi connectivity index (χ0) is 21.8. The minimum Gasteiger partial charge on any atom is -0.317 e. The normalized spacial score (nSPS) is 16.6. The van der Waals surface area contributed by atoms with Crippen molar-refractivity contribution in [2.45, 2.75) is 13.0 Å². The topological polar surface area (TPSA) is 62.5 Å². The summed E-state index contributed by atoms with van der Waals surface area (Å²) >= 11 is 0. The summed E-state index contributed by atoms with van der Waals surface area (Å²) in [6.45, 7) is 1.94. The minimum atomic E-state index is -0.386. The number of carbonyl (C=O) groups is 1. The van der Waals surface area contributed by atoms with Crippen LogP contribution >= 0.6 is 0 Å². The van der Waals surface area contributed by atoms with E-state index in [9.17, 15) is 9.18 Å². The van der Waals surface area contributed by atoms with Gasteiger partial charge < -0.3 is 10.2 Å². The highest BCUT2D eigenvalue weighted by Gasteiger charge is 2.42. The van der Waals surface area contributed by atoms with E-state index < -0.39 is 0 Å². The predicted molar refractivity (Wildman–Crippen MR) is 121 cm³/mol. The number of aryl methyl sites for hydroxylation is 1. The molecule has 1 atom stereocenters. The third kappa shape index (κ3) is 2.68. The second-order valence-corrected chi connectivity index (χ2v) is 7.80. The Kier molecular flexibility index (Phi) is 3.98. The summed E-state index contributed by atoms with van der Waals surface area (Å²) in [6, 6.07) is 23.3. The number of carbonyl (C=O) groups excluding carboxylic acids is 1. The number of benzene rings is 3. The Hall–Kier alpha value is -4.26. The van der Waals surface area contributed by atoms with Gasteiger partial charge in [0.15, 0.2) is 5.82 Å². The first-order valence-electron chi connectivity index (χ1n) is 10.3. The fourth-order valence-corrected chi connectivity index (χ4v) is 4.45. The fraction of sp³-hybridized carbons (Fsp3) is 0.0800. The maximum atomic E-state index is 13.8. The number of para-hydroxylation sites is 3. The van der Waals surface area contributed by atoms with Crippen LogP contribution in [-0.2, 0) is 4.79 Å². The highest BCUT2D eigenvalue weighted by atomic mass is 19.1. The van der Waals surface area contributed by atoms with E-state index in [1.54, 1.807) is 16.8 Å². The van der Waals surface area contributed by atoms with Crippen molar-refractivity contribution in [2.24, 2.45) is 4.99 Å². The van der Waals surface area contributed by atoms with E-state index in [1.807, 2.05) is 66.4 Å². The Morgan fingerprint density at radius 1 is 0.938 bits per heavy atom. The number of halogens is 1. The van der Waals surface area contributed by atoms with E-state index in [0.29, 0.717) is 11.5 Å². The molecule has 2 aliphatic heterocycles. The number of fused-ring (bicyclic) bond motifs is 4. The molecule has 0 saturated carbocycles. The molecule has 32 heavy (non-hydrogen) atoms. The molecule has 6 rings (SSSR count). The van der Waals surface area contributed by atoms with Gasteiger partial charge in [-0.2, -0.15) is 5.10 Å². The number of aliphatic imine (C=N–C) groups is 1. The van der Waals surface area contributed by atoms with Gasteiger partial charge in [-0.3, -0.25) is 4.79 Å². The number of anilines is 2. The summed E-state index contributed by atoms with van der Waals surface area (Å²) in [6.07, 6.45) is 0. The molecule has 0 aliphatic carbocycles. The number of hydrogen-bond acceptors (Lipinski definition) is 4. The Morgan fingerprint density at radius 2 is 1.66 bits per heavy atom. The summed E-state index contributed by atoms with van der Waals surface area (Å²) in [4.78, 5) is 19.8. The number of nitrogens with one attached hydrogen (secondary N) is 1. The molecule has 0 fully saturated rings. The molecule has 156 valence electrons. The average molecular weight is 423 g/mol. The second kappa shape index (κ2) is 6.88. The molecule has 6 nitrogen and oxygen atoms in total. The minimum absolute atomic E-state index is 0.280. The molecule has 0 saturated heterocycles. The van der Waals surface area contributed by atoms with Gasteiger partial charge in [-0.15, -0.1) is 0 Å². The molecule has 1 amide bonds. The molecule has 7 heteroatoms. The first-order valence-corrected chi connectivity index (χ1v) is 10.3. The monoisotopic (exact) mass is 423 g/mol. The Bertz CT molecular complexity index is 1390. The van der Waals surface area contributed by atoms with Crippen LogP contribution in [0, 0.1) is 12.7 Å². The van der Waals surface area contributed by atoms with E-state index >= 15 is 0 Å². The third-order valence-electron chi connectivity index (χ3n) is 5.85. The number of hydrogen-bond donors (Lipinski definition) is 1. The molecule has 1 N–H and O–H groups in total. The zero-order valence-electron chi connectivity index (χ0n) is 17.2. The van der Waals surface area contributed by atoms with Crippen molar-refractivity contribution in [2.75, 3.05) is 10.2 Å². The number of amidine groups is 1. The molecule has 0 spiro atoms. The molecular weight excluding hydrogens is 405 g/mol. The quantitative estimate of drug-likeness (QED) is 0.498. The van der Waals surface area contributed by atoms with Gasteiger partial charge >= 0.3 is 0 Å². The Morgan fingerprint density at radius 3 is 2.44 bits per heavy atom. The van der Waals surface area contributed by atoms with E-state index in [4.69, 9.17) is 10.1 Å². The second-order valence-electron chi connectivity index (χ2n) is 7.80. The summed E-state index contributed by atoms with van der Waals surface area (Å²) in [7, 11) is 0. The summed E-state index contributed by atoms with van der Waals surface area (Å²) in [5.41, 5.74) is 4.92. The standard InChI is InChI=1S/C25H18FN5O/c1-15-21-22(16-11-13-17(26)14-12-16)30-20-10-6-5-9-19(20)27-25(32)24(30)28-23(21)31(29-15)18-7-3-2-4-8-18/h2-14,22H,1H3,(H,27,32). The van der Waals surface area contributed by atoms with Crippen LogP contribution in [0.15, 0.2) is 83.9 Å². The SMILES string of the molecule is Cc1nn(-c2ccccc2)c2c1C(c1ccc(F)cc1)N1C(=N2)C(=O)Nc2ccccc21. The maximum absolute atomic E-state index is 13.8. The van der Waals surface area contributed by atoms with Crippen molar-refractivity contribution in [1.29, 1.82) is 0 Å². The van der Waals surface area contributed by atoms with Gasteiger partial charge in [-0.1, -0.05) is 42.5 Å². The van der Waals surface area contributed by atoms with Gasteiger partial charge in [-0.05, 0) is 48.9 Å². The number of aromatic nitrogens is 2. The van der Waals surface area contributed by atoms with Gasteiger partial charge in [-0.25, -0.2) is 14.1 Å². The van der Waals surface area contributed by atoms with Crippen LogP contribution in [0.5, 0.6) is 0 Å². The first-order chi connectivity index (χ1) is 15.6. The van der Waals surface area contributed by atoms with Gasteiger partial charge in [0.2, 0.25) is 5.84 Å². The molecule has 1 aromatic heterocycles. The number of rotatable bonds is 2. The van der Waals surface area contributed by atoms with Crippen molar-refractivity contribution in [1.82, 2.24) is 9.78 Å². The van der Waals surface area contributed by atoms with Crippen LogP contribution in [0.1, 0.15) is 22.9 Å². The van der Waals surface area contributed by atoms with Crippen LogP contribution < -0.4 is 10.2 Å². The Labute approximate surface area is 183 Å². The lowest BCUT2D eigenvalue weighted by Gasteiger charge is -2.40. The van der Waals surface area contributed by atoms with E-state index in [0.717, 1.165) is 28.2 Å². The number of amides is 1. The molecule has 4 aromatic rings. The lowest BCUT2D eigenvalue weighted by Crippen LogP contribution is -2.48. The molecule has 3 aromatic carbocycles. The van der Waals surface area contributed by atoms with Gasteiger partial charge in [0.1, 0.15) is 5.82 Å². The van der Waals surface area contributed by atoms with Crippen LogP contribution in [0.2, 0.25) is 0 Å². The zero-order valence-corrected chi connectivity index (χ0v) is 17.2. The van der Waals surface area contributed by atoms with Gasteiger partial charge in [0.05, 0.1) is 28.8 Å². The van der Waals surface area contributed by atoms with Crippen molar-refractivity contribution < 1.29 is 9.18 Å². The smallest absolute Gasteiger partial charge is 0.291 e. The van der Waals surface area contributed by atoms with E-state index in [2.05, 4.69) is 5.32 Å². The largest absolute Gasteiger partial charge is 0.317 e. The molecular formula is C25H18FN5O. The molecule has 0 radical (unpaired) electrons. The average Bonchev–Trinajstić information content (AvgIpc) is 3.15. The maximum Gasteiger partial charge on any atom is 0.291 e. The van der Waals surface area contributed by atoms with Crippen molar-refractivity contribution >= 4 is 28.9 Å². The van der Waals surface area contributed by atoms with Crippen LogP contribution in [0.3, 0.4) is 0 Å². The summed E-state index contributed by atoms with van der Waals surface area (Å²) in [5, 5.41) is 7.71. The van der Waals surface area contributed by atoms with Crippen LogP contribution in [0.4, 0.5) is 21.6 Å². The van der Waals surface area contributed by atoms with E-state index in [-0.39, 0.29) is 23.6 Å². The first kappa shape index (κ1) is 18.5. The van der Waals surface area contributed by atoms with Crippen LogP contribution in [-0.4, -0.2) is 21.5 Å². The fourth-order valence-electron chi connectivity index (χ4n) is 4.45. The van der Waals surface area contributed by atoms with Gasteiger partial charge in [0.25, 0.3) is 5.91 Å². The van der Waals surface area contributed by atoms with Crippen molar-refractivity contribution in [3.8, 4) is 5.69 Å². The van der Waals surface area contributed by atoms with Crippen molar-refractivity contribution in [3.63, 3.8) is 0 Å². The van der Waals surface area contributed by atoms with E-state index in [1.165, 1.54) is 12.1 Å². The highest BCUT2D eigenvalue weighted by molar-refractivity contribution is 6.50. The highest BCUT2D eigenvalue weighted by Crippen LogP contribution is 2.47. The molecule has 0 bridgehead atoms. The third-order valence-corrected chi connectivity index (χ3v) is 5.85. The van der Waals surface area contributed by atoms with Gasteiger partial charge in [0, 0.05) is 5.56 Å². The Balaban J connectivity index is 1.66. The molecule has 2 aliphatic rings. The van der Waals surface area contributed by atoms with Crippen LogP contribution in [0.25, 0.3) is 5.69 Å². The van der Waals surface area contributed by atoms with Crippen molar-refractivity contribution in [3.05, 3.63) is 102 Å². The number of nitrogens with zero attached hydrogens (tertiary/aromatic N) is 4. The summed E-state index contributed by atoms with van der Waals surface area (Å²) < 4.78 is 15.5. The molecule has 1 unspecified atom stereocenters. The lowest BCUT2D eigenvalue weighted by atomic mass is 9.93. The lowest BCUT2D eigenvalue weighted by molar-refractivity contribution is -0.110. The summed E-state index contributed by atoms with van der Waals surface area (Å²) in [5.74, 6) is 0.276.